The second-order valence-corrected chi connectivity index (χ2v) is 10.1. The third-order valence-corrected chi connectivity index (χ3v) is 8.45. The number of nitrogens with one attached hydrogen (secondary N) is 1. The number of halogens is 1. The number of hydrogen-bond acceptors (Lipinski definition) is 4. The number of carbonyl (C=O) groups is 1. The molecule has 156 valence electrons. The first kappa shape index (κ1) is 21.6. The van der Waals surface area contributed by atoms with Gasteiger partial charge in [0.05, 0.1) is 10.5 Å². The molecule has 3 aliphatic rings. The highest BCUT2D eigenvalue weighted by molar-refractivity contribution is 7.89. The topological polar surface area (TPSA) is 69.7 Å². The summed E-state index contributed by atoms with van der Waals surface area (Å²) in [6, 6.07) is 6.72. The number of amides is 1. The van der Waals surface area contributed by atoms with Crippen molar-refractivity contribution in [1.82, 2.24) is 14.5 Å². The van der Waals surface area contributed by atoms with Gasteiger partial charge in [0.1, 0.15) is 0 Å². The second kappa shape index (κ2) is 8.69. The lowest BCUT2D eigenvalue weighted by Crippen LogP contribution is -2.44. The lowest BCUT2D eigenvalue weighted by Gasteiger charge is -2.39. The van der Waals surface area contributed by atoms with Crippen LogP contribution in [-0.4, -0.2) is 62.8 Å². The van der Waals surface area contributed by atoms with Gasteiger partial charge in [-0.05, 0) is 56.2 Å². The van der Waals surface area contributed by atoms with Crippen LogP contribution in [0.3, 0.4) is 0 Å². The van der Waals surface area contributed by atoms with Crippen LogP contribution in [0.25, 0.3) is 0 Å². The molecule has 0 radical (unpaired) electrons. The van der Waals surface area contributed by atoms with Crippen LogP contribution in [0.5, 0.6) is 0 Å². The molecule has 0 aromatic heterocycles. The van der Waals surface area contributed by atoms with Crippen molar-refractivity contribution in [1.29, 1.82) is 0 Å². The van der Waals surface area contributed by atoms with Crippen LogP contribution in [0, 0.1) is 5.41 Å². The Morgan fingerprint density at radius 1 is 0.964 bits per heavy atom. The Hall–Kier alpha value is -1.15. The van der Waals surface area contributed by atoms with Crippen molar-refractivity contribution in [2.45, 2.75) is 43.4 Å². The first-order valence-electron chi connectivity index (χ1n) is 10.1. The lowest BCUT2D eigenvalue weighted by atomic mass is 9.78. The van der Waals surface area contributed by atoms with Gasteiger partial charge in [0.2, 0.25) is 10.0 Å². The number of benzene rings is 1. The number of rotatable bonds is 3. The Bertz CT molecular complexity index is 793. The predicted octanol–water partition coefficient (Wildman–Crippen LogP) is 2.50. The van der Waals surface area contributed by atoms with E-state index in [9.17, 15) is 13.2 Å². The van der Waals surface area contributed by atoms with Gasteiger partial charge in [-0.25, -0.2) is 8.42 Å². The van der Waals surface area contributed by atoms with Crippen LogP contribution in [0.2, 0.25) is 0 Å². The van der Waals surface area contributed by atoms with Gasteiger partial charge in [-0.15, -0.1) is 12.4 Å². The minimum atomic E-state index is -3.62. The molecule has 0 saturated carbocycles. The Balaban J connectivity index is 0.00000225. The molecule has 0 unspecified atom stereocenters. The zero-order valence-corrected chi connectivity index (χ0v) is 17.9. The number of hydrogen-bond donors (Lipinski definition) is 1. The zero-order chi connectivity index (χ0) is 18.9. The standard InChI is InChI=1S/C20H29N3O3S.ClH/c24-19(22-14-9-20(10-15-22)8-11-21-16-20)17-6-2-3-7-18(17)27(25,26)23-12-4-1-5-13-23;/h2-3,6-7,21H,1,4-5,8-16H2;1H. The maximum atomic E-state index is 13.2. The van der Waals surface area contributed by atoms with Crippen molar-refractivity contribution in [3.63, 3.8) is 0 Å². The van der Waals surface area contributed by atoms with Crippen LogP contribution >= 0.6 is 12.4 Å². The van der Waals surface area contributed by atoms with E-state index in [0.717, 1.165) is 45.2 Å². The van der Waals surface area contributed by atoms with E-state index in [2.05, 4.69) is 5.32 Å². The second-order valence-electron chi connectivity index (χ2n) is 8.18. The number of nitrogens with zero attached hydrogens (tertiary/aromatic N) is 2. The summed E-state index contributed by atoms with van der Waals surface area (Å²) in [6.07, 6.45) is 6.00. The highest BCUT2D eigenvalue weighted by Crippen LogP contribution is 2.37. The first-order chi connectivity index (χ1) is 13.0. The number of piperidine rings is 2. The molecule has 3 aliphatic heterocycles. The van der Waals surface area contributed by atoms with Crippen LogP contribution in [0.4, 0.5) is 0 Å². The van der Waals surface area contributed by atoms with Gasteiger partial charge < -0.3 is 10.2 Å². The summed E-state index contributed by atoms with van der Waals surface area (Å²) in [5.74, 6) is -0.146. The highest BCUT2D eigenvalue weighted by Gasteiger charge is 2.39. The van der Waals surface area contributed by atoms with E-state index in [4.69, 9.17) is 0 Å². The molecule has 6 nitrogen and oxygen atoms in total. The molecule has 0 bridgehead atoms. The van der Waals surface area contributed by atoms with Crippen LogP contribution in [-0.2, 0) is 10.0 Å². The molecule has 1 N–H and O–H groups in total. The van der Waals surface area contributed by atoms with E-state index < -0.39 is 10.0 Å². The average molecular weight is 428 g/mol. The van der Waals surface area contributed by atoms with E-state index in [-0.39, 0.29) is 23.2 Å². The molecule has 0 aliphatic carbocycles. The van der Waals surface area contributed by atoms with Gasteiger partial charge in [0, 0.05) is 32.7 Å². The fraction of sp³-hybridized carbons (Fsp3) is 0.650. The summed E-state index contributed by atoms with van der Waals surface area (Å²) in [5, 5.41) is 3.44. The van der Waals surface area contributed by atoms with Crippen LogP contribution < -0.4 is 5.32 Å². The minimum absolute atomic E-state index is 0. The molecule has 3 saturated heterocycles. The van der Waals surface area contributed by atoms with Gasteiger partial charge in [-0.3, -0.25) is 4.79 Å². The molecule has 3 heterocycles. The van der Waals surface area contributed by atoms with Crippen molar-refractivity contribution < 1.29 is 13.2 Å². The molecule has 8 heteroatoms. The maximum absolute atomic E-state index is 13.2. The zero-order valence-electron chi connectivity index (χ0n) is 16.2. The van der Waals surface area contributed by atoms with Crippen molar-refractivity contribution >= 4 is 28.3 Å². The molecule has 1 aromatic rings. The summed E-state index contributed by atoms with van der Waals surface area (Å²) < 4.78 is 27.8. The van der Waals surface area contributed by atoms with E-state index >= 15 is 0 Å². The summed E-state index contributed by atoms with van der Waals surface area (Å²) in [6.45, 7) is 4.60. The van der Waals surface area contributed by atoms with E-state index in [1.807, 2.05) is 4.90 Å². The number of likely N-dealkylation sites (tertiary alicyclic amines) is 1. The van der Waals surface area contributed by atoms with Crippen LogP contribution in [0.1, 0.15) is 48.9 Å². The van der Waals surface area contributed by atoms with Gasteiger partial charge in [-0.2, -0.15) is 4.31 Å². The number of sulfonamides is 1. The summed E-state index contributed by atoms with van der Waals surface area (Å²) in [4.78, 5) is 15.2. The highest BCUT2D eigenvalue weighted by atomic mass is 35.5. The van der Waals surface area contributed by atoms with Gasteiger partial charge in [-0.1, -0.05) is 18.6 Å². The molecule has 0 atom stereocenters. The molecular formula is C20H30ClN3O3S. The minimum Gasteiger partial charge on any atom is -0.339 e. The fourth-order valence-corrected chi connectivity index (χ4v) is 6.39. The van der Waals surface area contributed by atoms with E-state index in [1.54, 1.807) is 24.3 Å². The summed E-state index contributed by atoms with van der Waals surface area (Å²) in [7, 11) is -3.62. The molecule has 1 aromatic carbocycles. The lowest BCUT2D eigenvalue weighted by molar-refractivity contribution is 0.0603. The Labute approximate surface area is 174 Å². The van der Waals surface area contributed by atoms with Crippen LogP contribution in [0.15, 0.2) is 29.2 Å². The number of carbonyl (C=O) groups excluding carboxylic acids is 1. The van der Waals surface area contributed by atoms with Gasteiger partial charge in [0.25, 0.3) is 5.91 Å². The first-order valence-corrected chi connectivity index (χ1v) is 11.6. The quantitative estimate of drug-likeness (QED) is 0.804. The monoisotopic (exact) mass is 427 g/mol. The molecule has 28 heavy (non-hydrogen) atoms. The predicted molar refractivity (Wildman–Crippen MR) is 111 cm³/mol. The third kappa shape index (κ3) is 4.08. The molecular weight excluding hydrogens is 398 g/mol. The van der Waals surface area contributed by atoms with Crippen molar-refractivity contribution in [2.24, 2.45) is 5.41 Å². The maximum Gasteiger partial charge on any atom is 0.255 e. The Morgan fingerprint density at radius 3 is 2.29 bits per heavy atom. The van der Waals surface area contributed by atoms with Crippen molar-refractivity contribution in [2.75, 3.05) is 39.3 Å². The molecule has 3 fully saturated rings. The largest absolute Gasteiger partial charge is 0.339 e. The van der Waals surface area contributed by atoms with E-state index in [0.29, 0.717) is 37.2 Å². The van der Waals surface area contributed by atoms with Gasteiger partial charge >= 0.3 is 0 Å². The third-order valence-electron chi connectivity index (χ3n) is 6.49. The fourth-order valence-electron chi connectivity index (χ4n) is 4.69. The summed E-state index contributed by atoms with van der Waals surface area (Å²) in [5.41, 5.74) is 0.652. The molecule has 1 spiro atoms. The van der Waals surface area contributed by atoms with Gasteiger partial charge in [0.15, 0.2) is 0 Å². The Morgan fingerprint density at radius 2 is 1.64 bits per heavy atom. The SMILES string of the molecule is Cl.O=C(c1ccccc1S(=O)(=O)N1CCCCC1)N1CCC2(CCNC2)CC1. The van der Waals surface area contributed by atoms with Crippen molar-refractivity contribution in [3.8, 4) is 0 Å². The molecule has 4 rings (SSSR count). The van der Waals surface area contributed by atoms with E-state index in [1.165, 1.54) is 10.7 Å². The summed E-state index contributed by atoms with van der Waals surface area (Å²) >= 11 is 0. The normalized spacial score (nSPS) is 22.8. The Kier molecular flexibility index (Phi) is 6.69. The molecule has 1 amide bonds. The van der Waals surface area contributed by atoms with Crippen molar-refractivity contribution in [3.05, 3.63) is 29.8 Å². The smallest absolute Gasteiger partial charge is 0.255 e. The average Bonchev–Trinajstić information content (AvgIpc) is 3.16.